The standard InChI is InChI=1S/C13H16F3NO2/c1-12(2,17)8-6-10-11(19-5-3-4-18-10)7-9(8)13(14,15)16/h6-7H,3-5,17H2,1-2H3. The van der Waals surface area contributed by atoms with Crippen LogP contribution in [0.3, 0.4) is 0 Å². The molecule has 6 heteroatoms. The normalized spacial score (nSPS) is 16.1. The van der Waals surface area contributed by atoms with Crippen molar-refractivity contribution >= 4 is 0 Å². The molecule has 0 fully saturated rings. The van der Waals surface area contributed by atoms with Gasteiger partial charge in [-0.25, -0.2) is 0 Å². The lowest BCUT2D eigenvalue weighted by atomic mass is 9.90. The predicted octanol–water partition coefficient (Wildman–Crippen LogP) is 3.06. The van der Waals surface area contributed by atoms with Gasteiger partial charge in [-0.3, -0.25) is 0 Å². The van der Waals surface area contributed by atoms with E-state index in [0.717, 1.165) is 6.07 Å². The highest BCUT2D eigenvalue weighted by molar-refractivity contribution is 5.50. The average Bonchev–Trinajstić information content (AvgIpc) is 2.49. The molecule has 0 aromatic heterocycles. The number of ether oxygens (including phenoxy) is 2. The molecule has 0 atom stereocenters. The topological polar surface area (TPSA) is 44.5 Å². The van der Waals surface area contributed by atoms with Crippen LogP contribution in [0.15, 0.2) is 12.1 Å². The van der Waals surface area contributed by atoms with Crippen LogP contribution < -0.4 is 15.2 Å². The number of fused-ring (bicyclic) bond motifs is 1. The van der Waals surface area contributed by atoms with E-state index in [9.17, 15) is 13.2 Å². The molecule has 0 spiro atoms. The Balaban J connectivity index is 2.61. The Hall–Kier alpha value is -1.43. The van der Waals surface area contributed by atoms with Crippen LogP contribution in [0.1, 0.15) is 31.4 Å². The van der Waals surface area contributed by atoms with Crippen molar-refractivity contribution in [2.75, 3.05) is 13.2 Å². The van der Waals surface area contributed by atoms with Gasteiger partial charge in [0.1, 0.15) is 0 Å². The second-order valence-electron chi connectivity index (χ2n) is 5.11. The first-order chi connectivity index (χ1) is 8.69. The van der Waals surface area contributed by atoms with E-state index in [0.29, 0.717) is 25.4 Å². The van der Waals surface area contributed by atoms with Gasteiger partial charge in [0.05, 0.1) is 18.8 Å². The summed E-state index contributed by atoms with van der Waals surface area (Å²) in [5.41, 5.74) is 3.94. The minimum Gasteiger partial charge on any atom is -0.490 e. The Bertz CT molecular complexity index is 435. The molecule has 0 unspecified atom stereocenters. The van der Waals surface area contributed by atoms with E-state index < -0.39 is 17.3 Å². The third kappa shape index (κ3) is 2.94. The zero-order valence-corrected chi connectivity index (χ0v) is 10.8. The zero-order chi connectivity index (χ0) is 14.3. The van der Waals surface area contributed by atoms with Crippen LogP contribution in [0.2, 0.25) is 0 Å². The van der Waals surface area contributed by atoms with Crippen molar-refractivity contribution in [3.63, 3.8) is 0 Å². The quantitative estimate of drug-likeness (QED) is 0.856. The van der Waals surface area contributed by atoms with E-state index in [1.54, 1.807) is 0 Å². The SMILES string of the molecule is CC(C)(N)c1cc2c(cc1C(F)(F)F)OCCCO2. The highest BCUT2D eigenvalue weighted by atomic mass is 19.4. The molecule has 0 aliphatic carbocycles. The first kappa shape index (κ1) is 14.0. The maximum atomic E-state index is 13.1. The van der Waals surface area contributed by atoms with E-state index in [4.69, 9.17) is 15.2 Å². The van der Waals surface area contributed by atoms with E-state index in [1.807, 2.05) is 0 Å². The Kier molecular flexibility index (Phi) is 3.38. The lowest BCUT2D eigenvalue weighted by Gasteiger charge is -2.25. The van der Waals surface area contributed by atoms with Gasteiger partial charge >= 0.3 is 6.18 Å². The minimum atomic E-state index is -4.48. The molecule has 0 saturated heterocycles. The summed E-state index contributed by atoms with van der Waals surface area (Å²) in [4.78, 5) is 0. The van der Waals surface area contributed by atoms with Crippen LogP contribution >= 0.6 is 0 Å². The molecule has 1 aliphatic heterocycles. The first-order valence-electron chi connectivity index (χ1n) is 6.00. The van der Waals surface area contributed by atoms with Gasteiger partial charge < -0.3 is 15.2 Å². The fourth-order valence-corrected chi connectivity index (χ4v) is 1.98. The Morgan fingerprint density at radius 2 is 1.47 bits per heavy atom. The summed E-state index contributed by atoms with van der Waals surface area (Å²) >= 11 is 0. The van der Waals surface area contributed by atoms with E-state index >= 15 is 0 Å². The second-order valence-corrected chi connectivity index (χ2v) is 5.11. The average molecular weight is 275 g/mol. The van der Waals surface area contributed by atoms with Gasteiger partial charge in [0, 0.05) is 12.0 Å². The summed E-state index contributed by atoms with van der Waals surface area (Å²) < 4.78 is 50.0. The van der Waals surface area contributed by atoms with Crippen LogP contribution in [0, 0.1) is 0 Å². The predicted molar refractivity (Wildman–Crippen MR) is 64.3 cm³/mol. The van der Waals surface area contributed by atoms with Gasteiger partial charge in [0.15, 0.2) is 11.5 Å². The van der Waals surface area contributed by atoms with Gasteiger partial charge in [-0.05, 0) is 31.5 Å². The summed E-state index contributed by atoms with van der Waals surface area (Å²) in [6.07, 6.45) is -3.84. The molecule has 0 bridgehead atoms. The van der Waals surface area contributed by atoms with Gasteiger partial charge in [-0.1, -0.05) is 0 Å². The fourth-order valence-electron chi connectivity index (χ4n) is 1.98. The summed E-state index contributed by atoms with van der Waals surface area (Å²) in [5, 5.41) is 0. The molecular formula is C13H16F3NO2. The van der Waals surface area contributed by atoms with Gasteiger partial charge in [-0.15, -0.1) is 0 Å². The molecule has 19 heavy (non-hydrogen) atoms. The second kappa shape index (κ2) is 4.59. The summed E-state index contributed by atoms with van der Waals surface area (Å²) in [6, 6.07) is 2.31. The molecule has 1 aromatic carbocycles. The molecule has 0 radical (unpaired) electrons. The van der Waals surface area contributed by atoms with E-state index in [-0.39, 0.29) is 11.3 Å². The zero-order valence-electron chi connectivity index (χ0n) is 10.8. The Labute approximate surface area is 109 Å². The van der Waals surface area contributed by atoms with Crippen molar-refractivity contribution in [3.8, 4) is 11.5 Å². The Morgan fingerprint density at radius 3 is 1.89 bits per heavy atom. The number of hydrogen-bond donors (Lipinski definition) is 1. The number of rotatable bonds is 1. The number of halogens is 3. The van der Waals surface area contributed by atoms with E-state index in [2.05, 4.69) is 0 Å². The van der Waals surface area contributed by atoms with Gasteiger partial charge in [0.25, 0.3) is 0 Å². The Morgan fingerprint density at radius 1 is 1.00 bits per heavy atom. The summed E-state index contributed by atoms with van der Waals surface area (Å²) in [6.45, 7) is 3.82. The van der Waals surface area contributed by atoms with E-state index in [1.165, 1.54) is 19.9 Å². The number of nitrogens with two attached hydrogens (primary N) is 1. The maximum Gasteiger partial charge on any atom is 0.416 e. The van der Waals surface area contributed by atoms with Crippen molar-refractivity contribution in [3.05, 3.63) is 23.3 Å². The van der Waals surface area contributed by atoms with Crippen LogP contribution in [0.5, 0.6) is 11.5 Å². The molecule has 0 amide bonds. The van der Waals surface area contributed by atoms with Crippen LogP contribution in [0.4, 0.5) is 13.2 Å². The largest absolute Gasteiger partial charge is 0.490 e. The van der Waals surface area contributed by atoms with Crippen molar-refractivity contribution < 1.29 is 22.6 Å². The third-order valence-electron chi connectivity index (χ3n) is 2.89. The van der Waals surface area contributed by atoms with Crippen molar-refractivity contribution in [2.24, 2.45) is 5.73 Å². The number of benzene rings is 1. The van der Waals surface area contributed by atoms with Crippen molar-refractivity contribution in [1.29, 1.82) is 0 Å². The minimum absolute atomic E-state index is 0.00394. The molecule has 2 N–H and O–H groups in total. The summed E-state index contributed by atoms with van der Waals surface area (Å²) in [5.74, 6) is 0.442. The molecule has 2 rings (SSSR count). The van der Waals surface area contributed by atoms with Crippen LogP contribution in [-0.2, 0) is 11.7 Å². The molecule has 0 saturated carbocycles. The lowest BCUT2D eigenvalue weighted by molar-refractivity contribution is -0.138. The first-order valence-corrected chi connectivity index (χ1v) is 6.00. The maximum absolute atomic E-state index is 13.1. The third-order valence-corrected chi connectivity index (χ3v) is 2.89. The number of hydrogen-bond acceptors (Lipinski definition) is 3. The highest BCUT2D eigenvalue weighted by Gasteiger charge is 2.38. The fraction of sp³-hybridized carbons (Fsp3) is 0.538. The van der Waals surface area contributed by atoms with Crippen LogP contribution in [0.25, 0.3) is 0 Å². The monoisotopic (exact) mass is 275 g/mol. The van der Waals surface area contributed by atoms with Crippen molar-refractivity contribution in [1.82, 2.24) is 0 Å². The molecular weight excluding hydrogens is 259 g/mol. The highest BCUT2D eigenvalue weighted by Crippen LogP contribution is 2.42. The molecule has 1 aliphatic rings. The van der Waals surface area contributed by atoms with Gasteiger partial charge in [0.2, 0.25) is 0 Å². The van der Waals surface area contributed by atoms with Gasteiger partial charge in [-0.2, -0.15) is 13.2 Å². The lowest BCUT2D eigenvalue weighted by Crippen LogP contribution is -2.31. The van der Waals surface area contributed by atoms with Crippen LogP contribution in [-0.4, -0.2) is 13.2 Å². The molecule has 106 valence electrons. The summed E-state index contributed by atoms with van der Waals surface area (Å²) in [7, 11) is 0. The number of alkyl halides is 3. The van der Waals surface area contributed by atoms with Crippen molar-refractivity contribution in [2.45, 2.75) is 32.0 Å². The molecule has 1 heterocycles. The molecule has 3 nitrogen and oxygen atoms in total. The molecule has 1 aromatic rings. The smallest absolute Gasteiger partial charge is 0.416 e.